The number of hydrogen-bond donors (Lipinski definition) is 1. The largest absolute Gasteiger partial charge is 0.295 e. The summed E-state index contributed by atoms with van der Waals surface area (Å²) < 4.78 is 0. The van der Waals surface area contributed by atoms with Gasteiger partial charge < -0.3 is 0 Å². The molecule has 0 bridgehead atoms. The zero-order chi connectivity index (χ0) is 17.8. The summed E-state index contributed by atoms with van der Waals surface area (Å²) in [5.41, 5.74) is 2.24. The molecule has 0 saturated heterocycles. The third kappa shape index (κ3) is 4.10. The first-order valence-electron chi connectivity index (χ1n) is 7.49. The molecule has 0 aliphatic heterocycles. The number of aromatic amines is 1. The van der Waals surface area contributed by atoms with Gasteiger partial charge in [0, 0.05) is 17.4 Å². The fourth-order valence-corrected chi connectivity index (χ4v) is 3.06. The molecule has 0 spiro atoms. The van der Waals surface area contributed by atoms with Crippen LogP contribution in [-0.4, -0.2) is 37.5 Å². The van der Waals surface area contributed by atoms with Crippen molar-refractivity contribution in [3.8, 4) is 0 Å². The van der Waals surface area contributed by atoms with E-state index < -0.39 is 11.6 Å². The summed E-state index contributed by atoms with van der Waals surface area (Å²) >= 11 is 1.43. The van der Waals surface area contributed by atoms with Crippen LogP contribution in [0.15, 0.2) is 36.0 Å². The standard InChI is InChI=1S/C17H14N4O3S/c1-10(22)12-4-2-11(3-5-12)6-15-20-13(8-25-15)7-14(23)16(24)17-18-9-19-21-17/h2-5,8-9H,6-7H2,1H3,(H,18,19,21). The number of thiazole rings is 1. The molecule has 2 aromatic heterocycles. The number of rotatable bonds is 7. The summed E-state index contributed by atoms with van der Waals surface area (Å²) in [5, 5.41) is 8.62. The average Bonchev–Trinajstić information content (AvgIpc) is 3.27. The monoisotopic (exact) mass is 354 g/mol. The van der Waals surface area contributed by atoms with E-state index >= 15 is 0 Å². The molecule has 7 nitrogen and oxygen atoms in total. The molecule has 3 rings (SSSR count). The molecule has 1 aromatic carbocycles. The fraction of sp³-hybridized carbons (Fsp3) is 0.176. The first-order chi connectivity index (χ1) is 12.0. The molecule has 3 aromatic rings. The summed E-state index contributed by atoms with van der Waals surface area (Å²) in [7, 11) is 0. The maximum absolute atomic E-state index is 12.0. The quantitative estimate of drug-likeness (QED) is 0.514. The van der Waals surface area contributed by atoms with E-state index in [1.165, 1.54) is 24.6 Å². The van der Waals surface area contributed by atoms with Crippen LogP contribution in [0.25, 0.3) is 0 Å². The van der Waals surface area contributed by atoms with Crippen LogP contribution < -0.4 is 0 Å². The highest BCUT2D eigenvalue weighted by Gasteiger charge is 2.21. The Morgan fingerprint density at radius 1 is 1.16 bits per heavy atom. The van der Waals surface area contributed by atoms with Crippen LogP contribution in [0, 0.1) is 0 Å². The topological polar surface area (TPSA) is 106 Å². The first kappa shape index (κ1) is 16.8. The van der Waals surface area contributed by atoms with E-state index in [2.05, 4.69) is 20.2 Å². The predicted molar refractivity (Wildman–Crippen MR) is 90.8 cm³/mol. The highest BCUT2D eigenvalue weighted by atomic mass is 32.1. The highest BCUT2D eigenvalue weighted by Crippen LogP contribution is 2.16. The van der Waals surface area contributed by atoms with Crippen LogP contribution in [0.1, 0.15) is 44.2 Å². The third-order valence-electron chi connectivity index (χ3n) is 3.53. The number of carbonyl (C=O) groups excluding carboxylic acids is 3. The van der Waals surface area contributed by atoms with Crippen molar-refractivity contribution in [3.63, 3.8) is 0 Å². The van der Waals surface area contributed by atoms with Crippen molar-refractivity contribution in [2.75, 3.05) is 0 Å². The fourth-order valence-electron chi connectivity index (χ4n) is 2.23. The molecule has 2 heterocycles. The number of H-pyrrole nitrogens is 1. The van der Waals surface area contributed by atoms with E-state index in [1.807, 2.05) is 12.1 Å². The molecule has 1 N–H and O–H groups in total. The van der Waals surface area contributed by atoms with Gasteiger partial charge in [0.25, 0.3) is 5.78 Å². The van der Waals surface area contributed by atoms with Crippen molar-refractivity contribution >= 4 is 28.7 Å². The molecule has 0 aliphatic carbocycles. The Morgan fingerprint density at radius 3 is 2.56 bits per heavy atom. The number of carbonyl (C=O) groups is 3. The Kier molecular flexibility index (Phi) is 4.90. The van der Waals surface area contributed by atoms with Gasteiger partial charge in [-0.2, -0.15) is 0 Å². The summed E-state index contributed by atoms with van der Waals surface area (Å²) in [5.74, 6) is -1.43. The zero-order valence-corrected chi connectivity index (χ0v) is 14.2. The second-order valence-electron chi connectivity index (χ2n) is 5.41. The molecule has 126 valence electrons. The maximum atomic E-state index is 12.0. The smallest absolute Gasteiger partial charge is 0.267 e. The summed E-state index contributed by atoms with van der Waals surface area (Å²) in [6.45, 7) is 1.53. The summed E-state index contributed by atoms with van der Waals surface area (Å²) in [6.07, 6.45) is 1.78. The molecule has 0 amide bonds. The van der Waals surface area contributed by atoms with Crippen molar-refractivity contribution in [1.82, 2.24) is 20.2 Å². The van der Waals surface area contributed by atoms with Gasteiger partial charge in [-0.3, -0.25) is 19.5 Å². The molecule has 0 aliphatic rings. The zero-order valence-electron chi connectivity index (χ0n) is 13.4. The molecule has 0 atom stereocenters. The number of Topliss-reactive ketones (excluding diaryl/α,β-unsaturated/α-hetero) is 3. The van der Waals surface area contributed by atoms with Crippen LogP contribution in [0.2, 0.25) is 0 Å². The van der Waals surface area contributed by atoms with Gasteiger partial charge in [0.1, 0.15) is 6.33 Å². The summed E-state index contributed by atoms with van der Waals surface area (Å²) in [4.78, 5) is 43.2. The Hall–Kier alpha value is -3.00. The predicted octanol–water partition coefficient (Wildman–Crippen LogP) is 2.05. The molecule has 0 saturated carbocycles. The number of hydrogen-bond acceptors (Lipinski definition) is 7. The molecule has 0 fully saturated rings. The normalized spacial score (nSPS) is 10.6. The van der Waals surface area contributed by atoms with Crippen molar-refractivity contribution in [3.05, 3.63) is 63.6 Å². The number of nitrogens with zero attached hydrogens (tertiary/aromatic N) is 3. The van der Waals surface area contributed by atoms with E-state index in [0.717, 1.165) is 10.6 Å². The van der Waals surface area contributed by atoms with Crippen LogP contribution in [0.5, 0.6) is 0 Å². The van der Waals surface area contributed by atoms with E-state index in [0.29, 0.717) is 17.7 Å². The van der Waals surface area contributed by atoms with Gasteiger partial charge in [-0.25, -0.2) is 9.97 Å². The highest BCUT2D eigenvalue weighted by molar-refractivity contribution is 7.09. The van der Waals surface area contributed by atoms with Crippen LogP contribution in [0.4, 0.5) is 0 Å². The van der Waals surface area contributed by atoms with E-state index in [-0.39, 0.29) is 18.0 Å². The molecular weight excluding hydrogens is 340 g/mol. The van der Waals surface area contributed by atoms with Crippen LogP contribution in [0.3, 0.4) is 0 Å². The molecule has 8 heteroatoms. The lowest BCUT2D eigenvalue weighted by Gasteiger charge is -2.00. The van der Waals surface area contributed by atoms with Crippen molar-refractivity contribution in [2.45, 2.75) is 19.8 Å². The third-order valence-corrected chi connectivity index (χ3v) is 4.43. The minimum Gasteiger partial charge on any atom is -0.295 e. The number of ketones is 3. The molecule has 0 radical (unpaired) electrons. The van der Waals surface area contributed by atoms with Crippen molar-refractivity contribution < 1.29 is 14.4 Å². The Bertz CT molecular complexity index is 914. The number of benzene rings is 1. The second-order valence-corrected chi connectivity index (χ2v) is 6.36. The van der Waals surface area contributed by atoms with Gasteiger partial charge in [0.05, 0.1) is 17.1 Å². The summed E-state index contributed by atoms with van der Waals surface area (Å²) in [6, 6.07) is 7.34. The lowest BCUT2D eigenvalue weighted by Crippen LogP contribution is -2.18. The van der Waals surface area contributed by atoms with Gasteiger partial charge in [0.15, 0.2) is 5.78 Å². The minimum atomic E-state index is -0.726. The first-order valence-corrected chi connectivity index (χ1v) is 8.37. The number of nitrogens with one attached hydrogen (secondary N) is 1. The van der Waals surface area contributed by atoms with Crippen molar-refractivity contribution in [1.29, 1.82) is 0 Å². The van der Waals surface area contributed by atoms with Crippen molar-refractivity contribution in [2.24, 2.45) is 0 Å². The maximum Gasteiger partial charge on any atom is 0.267 e. The van der Waals surface area contributed by atoms with Crippen LogP contribution in [-0.2, 0) is 17.6 Å². The van der Waals surface area contributed by atoms with Gasteiger partial charge in [0.2, 0.25) is 11.6 Å². The van der Waals surface area contributed by atoms with Gasteiger partial charge in [-0.05, 0) is 12.5 Å². The van der Waals surface area contributed by atoms with E-state index in [1.54, 1.807) is 17.5 Å². The Balaban J connectivity index is 1.63. The van der Waals surface area contributed by atoms with Gasteiger partial charge in [-0.15, -0.1) is 16.4 Å². The van der Waals surface area contributed by atoms with Gasteiger partial charge in [-0.1, -0.05) is 24.3 Å². The lowest BCUT2D eigenvalue weighted by atomic mass is 10.1. The Labute approximate surface area is 147 Å². The minimum absolute atomic E-state index is 0.0256. The Morgan fingerprint density at radius 2 is 1.92 bits per heavy atom. The van der Waals surface area contributed by atoms with Crippen LogP contribution >= 0.6 is 11.3 Å². The number of aromatic nitrogens is 4. The van der Waals surface area contributed by atoms with Gasteiger partial charge >= 0.3 is 0 Å². The molecule has 25 heavy (non-hydrogen) atoms. The molecule has 0 unspecified atom stereocenters. The van der Waals surface area contributed by atoms with E-state index in [9.17, 15) is 14.4 Å². The SMILES string of the molecule is CC(=O)c1ccc(Cc2nc(CC(=O)C(=O)c3nc[nH]n3)cs2)cc1. The second kappa shape index (κ2) is 7.27. The van der Waals surface area contributed by atoms with E-state index in [4.69, 9.17) is 0 Å². The molecular formula is C17H14N4O3S. The average molecular weight is 354 g/mol. The lowest BCUT2D eigenvalue weighted by molar-refractivity contribution is -0.114.